The van der Waals surface area contributed by atoms with E-state index in [0.717, 1.165) is 10.8 Å². The van der Waals surface area contributed by atoms with Crippen molar-refractivity contribution in [3.05, 3.63) is 65.5 Å². The van der Waals surface area contributed by atoms with E-state index in [1.54, 1.807) is 22.4 Å². The maximum Gasteiger partial charge on any atom is 0.254 e. The highest BCUT2D eigenvalue weighted by molar-refractivity contribution is 7.91. The molecule has 0 aliphatic carbocycles. The van der Waals surface area contributed by atoms with Crippen LogP contribution in [0.15, 0.2) is 64.2 Å². The average molecular weight is 386 g/mol. The fourth-order valence-corrected chi connectivity index (χ4v) is 5.82. The molecule has 0 bridgehead atoms. The minimum absolute atomic E-state index is 0.0463. The van der Waals surface area contributed by atoms with Crippen LogP contribution >= 0.6 is 11.3 Å². The molecule has 2 heterocycles. The summed E-state index contributed by atoms with van der Waals surface area (Å²) in [6, 6.07) is 16.8. The van der Waals surface area contributed by atoms with Gasteiger partial charge in [-0.15, -0.1) is 11.3 Å². The second-order valence-corrected chi connectivity index (χ2v) is 9.27. The summed E-state index contributed by atoms with van der Waals surface area (Å²) in [6.07, 6.45) is 0. The van der Waals surface area contributed by atoms with Gasteiger partial charge in [0.15, 0.2) is 0 Å². The number of hydrogen-bond acceptors (Lipinski definition) is 4. The van der Waals surface area contributed by atoms with E-state index in [2.05, 4.69) is 0 Å². The van der Waals surface area contributed by atoms with E-state index in [0.29, 0.717) is 36.0 Å². The molecular weight excluding hydrogens is 368 g/mol. The predicted molar refractivity (Wildman–Crippen MR) is 103 cm³/mol. The molecule has 0 spiro atoms. The topological polar surface area (TPSA) is 57.7 Å². The zero-order valence-electron chi connectivity index (χ0n) is 14.0. The molecule has 7 heteroatoms. The number of rotatable bonds is 3. The second-order valence-electron chi connectivity index (χ2n) is 6.16. The fraction of sp³-hybridized carbons (Fsp3) is 0.211. The summed E-state index contributed by atoms with van der Waals surface area (Å²) in [7, 11) is -3.45. The molecule has 1 amide bonds. The molecule has 1 fully saturated rings. The van der Waals surface area contributed by atoms with Crippen molar-refractivity contribution in [1.82, 2.24) is 9.21 Å². The van der Waals surface area contributed by atoms with Crippen LogP contribution in [-0.2, 0) is 10.0 Å². The third-order valence-corrected chi connectivity index (χ3v) is 7.91. The number of carbonyl (C=O) groups excluding carboxylic acids is 1. The Kier molecular flexibility index (Phi) is 4.52. The van der Waals surface area contributed by atoms with Gasteiger partial charge in [0.05, 0.1) is 0 Å². The molecule has 0 saturated carbocycles. The fourth-order valence-electron chi connectivity index (χ4n) is 3.25. The number of thiophene rings is 1. The molecule has 1 aliphatic rings. The molecule has 4 rings (SSSR count). The number of benzene rings is 2. The summed E-state index contributed by atoms with van der Waals surface area (Å²) >= 11 is 1.22. The van der Waals surface area contributed by atoms with Gasteiger partial charge in [-0.3, -0.25) is 4.79 Å². The summed E-state index contributed by atoms with van der Waals surface area (Å²) in [6.45, 7) is 1.42. The van der Waals surface area contributed by atoms with Crippen molar-refractivity contribution in [3.63, 3.8) is 0 Å². The van der Waals surface area contributed by atoms with Gasteiger partial charge in [0.1, 0.15) is 4.21 Å². The summed E-state index contributed by atoms with van der Waals surface area (Å²) < 4.78 is 27.0. The first-order valence-electron chi connectivity index (χ1n) is 8.38. The number of fused-ring (bicyclic) bond motifs is 1. The zero-order valence-corrected chi connectivity index (χ0v) is 15.7. The molecule has 0 radical (unpaired) electrons. The van der Waals surface area contributed by atoms with E-state index in [9.17, 15) is 13.2 Å². The van der Waals surface area contributed by atoms with Gasteiger partial charge >= 0.3 is 0 Å². The maximum atomic E-state index is 13.0. The molecule has 1 saturated heterocycles. The predicted octanol–water partition coefficient (Wildman–Crippen LogP) is 3.05. The lowest BCUT2D eigenvalue weighted by Crippen LogP contribution is -2.50. The van der Waals surface area contributed by atoms with E-state index >= 15 is 0 Å². The number of amides is 1. The molecular formula is C19H18N2O3S2. The molecule has 2 aromatic carbocycles. The van der Waals surface area contributed by atoms with Crippen LogP contribution in [0.3, 0.4) is 0 Å². The Morgan fingerprint density at radius 3 is 2.35 bits per heavy atom. The van der Waals surface area contributed by atoms with Gasteiger partial charge in [-0.2, -0.15) is 4.31 Å². The minimum atomic E-state index is -3.45. The van der Waals surface area contributed by atoms with Gasteiger partial charge in [-0.05, 0) is 28.3 Å². The molecule has 1 aliphatic heterocycles. The first kappa shape index (κ1) is 17.2. The Labute approximate surface area is 156 Å². The molecule has 0 unspecified atom stereocenters. The molecule has 1 aromatic heterocycles. The Morgan fingerprint density at radius 2 is 1.62 bits per heavy atom. The van der Waals surface area contributed by atoms with Crippen LogP contribution in [-0.4, -0.2) is 49.7 Å². The number of sulfonamides is 1. The summed E-state index contributed by atoms with van der Waals surface area (Å²) in [5, 5.41) is 3.71. The zero-order chi connectivity index (χ0) is 18.1. The first-order chi connectivity index (χ1) is 12.6. The van der Waals surface area contributed by atoms with E-state index in [-0.39, 0.29) is 5.91 Å². The third kappa shape index (κ3) is 3.02. The molecule has 26 heavy (non-hydrogen) atoms. The number of nitrogens with zero attached hydrogens (tertiary/aromatic N) is 2. The molecule has 134 valence electrons. The average Bonchev–Trinajstić information content (AvgIpc) is 3.23. The Bertz CT molecular complexity index is 1030. The smallest absolute Gasteiger partial charge is 0.254 e. The lowest BCUT2D eigenvalue weighted by Gasteiger charge is -2.34. The normalized spacial score (nSPS) is 16.1. The van der Waals surface area contributed by atoms with Crippen molar-refractivity contribution >= 4 is 38.0 Å². The van der Waals surface area contributed by atoms with Crippen LogP contribution in [0, 0.1) is 0 Å². The quantitative estimate of drug-likeness (QED) is 0.695. The summed E-state index contributed by atoms with van der Waals surface area (Å²) in [5.74, 6) is -0.0463. The number of carbonyl (C=O) groups is 1. The second kappa shape index (κ2) is 6.83. The highest BCUT2D eigenvalue weighted by Gasteiger charge is 2.31. The highest BCUT2D eigenvalue weighted by atomic mass is 32.2. The largest absolute Gasteiger partial charge is 0.336 e. The van der Waals surface area contributed by atoms with Gasteiger partial charge < -0.3 is 4.90 Å². The van der Waals surface area contributed by atoms with Gasteiger partial charge in [0, 0.05) is 31.7 Å². The lowest BCUT2D eigenvalue weighted by molar-refractivity contribution is 0.0700. The van der Waals surface area contributed by atoms with Crippen molar-refractivity contribution in [2.75, 3.05) is 26.2 Å². The van der Waals surface area contributed by atoms with Crippen LogP contribution in [0.25, 0.3) is 10.8 Å². The Balaban J connectivity index is 1.52. The van der Waals surface area contributed by atoms with E-state index in [4.69, 9.17) is 0 Å². The van der Waals surface area contributed by atoms with Crippen LogP contribution in [0.2, 0.25) is 0 Å². The molecule has 0 N–H and O–H groups in total. The van der Waals surface area contributed by atoms with Gasteiger partial charge in [0.25, 0.3) is 15.9 Å². The van der Waals surface area contributed by atoms with Gasteiger partial charge in [0.2, 0.25) is 0 Å². The van der Waals surface area contributed by atoms with Crippen molar-refractivity contribution in [2.45, 2.75) is 4.21 Å². The van der Waals surface area contributed by atoms with Crippen molar-refractivity contribution in [2.24, 2.45) is 0 Å². The van der Waals surface area contributed by atoms with E-state index in [1.165, 1.54) is 15.6 Å². The molecule has 3 aromatic rings. The first-order valence-corrected chi connectivity index (χ1v) is 10.7. The van der Waals surface area contributed by atoms with Crippen LogP contribution in [0.1, 0.15) is 10.4 Å². The molecule has 0 atom stereocenters. The monoisotopic (exact) mass is 386 g/mol. The SMILES string of the molecule is O=C(c1cccc2ccccc12)N1CCN(S(=O)(=O)c2cccs2)CC1. The van der Waals surface area contributed by atoms with Crippen LogP contribution in [0.5, 0.6) is 0 Å². The minimum Gasteiger partial charge on any atom is -0.336 e. The lowest BCUT2D eigenvalue weighted by atomic mass is 10.0. The van der Waals surface area contributed by atoms with Gasteiger partial charge in [-0.1, -0.05) is 42.5 Å². The number of piperazine rings is 1. The standard InChI is InChI=1S/C19H18N2O3S2/c22-19(17-8-3-6-15-5-1-2-7-16(15)17)20-10-12-21(13-11-20)26(23,24)18-9-4-14-25-18/h1-9,14H,10-13H2. The third-order valence-electron chi connectivity index (χ3n) is 4.64. The van der Waals surface area contributed by atoms with Crippen molar-refractivity contribution in [3.8, 4) is 0 Å². The molecule has 5 nitrogen and oxygen atoms in total. The Hall–Kier alpha value is -2.22. The van der Waals surface area contributed by atoms with Gasteiger partial charge in [-0.25, -0.2) is 8.42 Å². The maximum absolute atomic E-state index is 13.0. The Morgan fingerprint density at radius 1 is 0.885 bits per heavy atom. The van der Waals surface area contributed by atoms with Crippen LogP contribution in [0.4, 0.5) is 0 Å². The van der Waals surface area contributed by atoms with Crippen LogP contribution < -0.4 is 0 Å². The highest BCUT2D eigenvalue weighted by Crippen LogP contribution is 2.24. The van der Waals surface area contributed by atoms with Crippen molar-refractivity contribution < 1.29 is 13.2 Å². The van der Waals surface area contributed by atoms with E-state index < -0.39 is 10.0 Å². The number of hydrogen-bond donors (Lipinski definition) is 0. The summed E-state index contributed by atoms with van der Waals surface area (Å²) in [5.41, 5.74) is 0.665. The summed E-state index contributed by atoms with van der Waals surface area (Å²) in [4.78, 5) is 14.7. The van der Waals surface area contributed by atoms with Crippen molar-refractivity contribution in [1.29, 1.82) is 0 Å². The van der Waals surface area contributed by atoms with E-state index in [1.807, 2.05) is 42.5 Å².